The first-order valence-electron chi connectivity index (χ1n) is 7.07. The first kappa shape index (κ1) is 15.0. The molecule has 0 radical (unpaired) electrons. The topological polar surface area (TPSA) is 74.6 Å². The standard InChI is InChI=1S/C17H10BrN3O2S/c18-9-6-7-12-11(8-9)13(15(22)20-12)14-16(23)21-17(24-14)19-10-4-2-1-3-5-10/h1-8,23H,(H,19,21). The van der Waals surface area contributed by atoms with E-state index in [1.54, 1.807) is 6.07 Å². The number of benzene rings is 2. The fourth-order valence-electron chi connectivity index (χ4n) is 2.48. The van der Waals surface area contributed by atoms with Crippen molar-refractivity contribution >= 4 is 49.6 Å². The maximum atomic E-state index is 12.3. The van der Waals surface area contributed by atoms with Gasteiger partial charge in [0, 0.05) is 15.4 Å². The number of carbonyl (C=O) groups excluding carboxylic acids is 1. The number of anilines is 2. The molecule has 1 aliphatic heterocycles. The summed E-state index contributed by atoms with van der Waals surface area (Å²) in [7, 11) is 0. The number of hydrogen-bond acceptors (Lipinski definition) is 5. The Bertz CT molecular complexity index is 1080. The number of aromatic nitrogens is 1. The van der Waals surface area contributed by atoms with Crippen LogP contribution in [0.5, 0.6) is 5.88 Å². The van der Waals surface area contributed by atoms with Crippen molar-refractivity contribution in [2.75, 3.05) is 5.32 Å². The Balaban J connectivity index is 1.82. The molecule has 118 valence electrons. The monoisotopic (exact) mass is 399 g/mol. The van der Waals surface area contributed by atoms with Gasteiger partial charge in [0.1, 0.15) is 4.88 Å². The molecule has 2 N–H and O–H groups in total. The van der Waals surface area contributed by atoms with E-state index in [1.807, 2.05) is 42.5 Å². The van der Waals surface area contributed by atoms with Crippen molar-refractivity contribution in [3.8, 4) is 5.88 Å². The Hall–Kier alpha value is -2.51. The summed E-state index contributed by atoms with van der Waals surface area (Å²) in [5.74, 6) is -0.543. The average Bonchev–Trinajstić information content (AvgIpc) is 3.07. The molecule has 0 atom stereocenters. The van der Waals surface area contributed by atoms with Gasteiger partial charge in [0.25, 0.3) is 5.91 Å². The van der Waals surface area contributed by atoms with Gasteiger partial charge in [0.05, 0.1) is 10.9 Å². The van der Waals surface area contributed by atoms with Crippen LogP contribution in [0.25, 0.3) is 5.57 Å². The van der Waals surface area contributed by atoms with Crippen LogP contribution in [0, 0.1) is 0 Å². The fraction of sp³-hybridized carbons (Fsp3) is 0. The van der Waals surface area contributed by atoms with Crippen molar-refractivity contribution in [2.45, 2.75) is 0 Å². The number of hydrogen-bond donors (Lipinski definition) is 2. The van der Waals surface area contributed by atoms with Crippen LogP contribution in [0.3, 0.4) is 0 Å². The Kier molecular flexibility index (Phi) is 3.66. The van der Waals surface area contributed by atoms with E-state index < -0.39 is 0 Å². The van der Waals surface area contributed by atoms with Gasteiger partial charge in [-0.15, -0.1) is 0 Å². The highest BCUT2D eigenvalue weighted by Gasteiger charge is 2.24. The number of amides is 1. The molecule has 5 nitrogen and oxygen atoms in total. The van der Waals surface area contributed by atoms with Gasteiger partial charge in [-0.1, -0.05) is 45.5 Å². The summed E-state index contributed by atoms with van der Waals surface area (Å²) in [6.07, 6.45) is 0. The third-order valence-electron chi connectivity index (χ3n) is 3.53. The van der Waals surface area contributed by atoms with E-state index in [1.165, 1.54) is 11.3 Å². The molecule has 0 saturated heterocycles. The van der Waals surface area contributed by atoms with Crippen molar-refractivity contribution < 1.29 is 9.90 Å². The summed E-state index contributed by atoms with van der Waals surface area (Å²) in [6.45, 7) is 0. The second-order valence-corrected chi connectivity index (χ2v) is 7.03. The lowest BCUT2D eigenvalue weighted by atomic mass is 10.1. The molecule has 2 aromatic carbocycles. The zero-order valence-electron chi connectivity index (χ0n) is 12.2. The molecule has 2 heterocycles. The van der Waals surface area contributed by atoms with Gasteiger partial charge >= 0.3 is 0 Å². The van der Waals surface area contributed by atoms with E-state index in [0.29, 0.717) is 26.2 Å². The zero-order valence-corrected chi connectivity index (χ0v) is 14.6. The van der Waals surface area contributed by atoms with Crippen LogP contribution in [0.15, 0.2) is 58.0 Å². The van der Waals surface area contributed by atoms with Crippen molar-refractivity contribution in [1.29, 1.82) is 0 Å². The molecule has 0 saturated carbocycles. The van der Waals surface area contributed by atoms with Gasteiger partial charge < -0.3 is 10.4 Å². The number of nitrogens with one attached hydrogen (secondary N) is 1. The predicted octanol–water partition coefficient (Wildman–Crippen LogP) is 2.71. The largest absolute Gasteiger partial charge is 0.492 e. The third-order valence-corrected chi connectivity index (χ3v) is 5.00. The maximum absolute atomic E-state index is 12.3. The molecule has 24 heavy (non-hydrogen) atoms. The molecule has 0 fully saturated rings. The van der Waals surface area contributed by atoms with Gasteiger partial charge in [0.2, 0.25) is 5.88 Å². The highest BCUT2D eigenvalue weighted by atomic mass is 79.9. The van der Waals surface area contributed by atoms with Gasteiger partial charge in [-0.3, -0.25) is 4.79 Å². The Morgan fingerprint density at radius 2 is 1.92 bits per heavy atom. The molecule has 3 aromatic rings. The number of carbonyl (C=O) groups is 1. The van der Waals surface area contributed by atoms with Crippen LogP contribution in [0.1, 0.15) is 4.88 Å². The van der Waals surface area contributed by atoms with Gasteiger partial charge in [-0.2, -0.15) is 4.98 Å². The van der Waals surface area contributed by atoms with E-state index in [2.05, 4.69) is 31.2 Å². The molecule has 1 aromatic heterocycles. The van der Waals surface area contributed by atoms with Crippen LogP contribution in [0.4, 0.5) is 10.8 Å². The second kappa shape index (κ2) is 5.85. The van der Waals surface area contributed by atoms with Crippen LogP contribution in [-0.2, 0) is 4.79 Å². The second-order valence-electron chi connectivity index (χ2n) is 5.12. The molecular weight excluding hydrogens is 390 g/mol. The zero-order chi connectivity index (χ0) is 16.7. The van der Waals surface area contributed by atoms with Crippen molar-refractivity contribution in [3.05, 3.63) is 68.5 Å². The Labute approximate surface area is 149 Å². The van der Waals surface area contributed by atoms with E-state index in [-0.39, 0.29) is 11.8 Å². The van der Waals surface area contributed by atoms with E-state index >= 15 is 0 Å². The number of halogens is 1. The lowest BCUT2D eigenvalue weighted by Gasteiger charge is -2.00. The summed E-state index contributed by atoms with van der Waals surface area (Å²) >= 11 is 4.62. The Morgan fingerprint density at radius 3 is 2.71 bits per heavy atom. The predicted molar refractivity (Wildman–Crippen MR) is 95.9 cm³/mol. The quantitative estimate of drug-likeness (QED) is 0.709. The van der Waals surface area contributed by atoms with Crippen molar-refractivity contribution in [2.24, 2.45) is 4.99 Å². The first-order chi connectivity index (χ1) is 11.6. The van der Waals surface area contributed by atoms with Gasteiger partial charge in [0.15, 0.2) is 5.13 Å². The normalized spacial score (nSPS) is 12.9. The van der Waals surface area contributed by atoms with E-state index in [4.69, 9.17) is 0 Å². The smallest absolute Gasteiger partial charge is 0.279 e. The first-order valence-corrected chi connectivity index (χ1v) is 8.68. The van der Waals surface area contributed by atoms with Gasteiger partial charge in [-0.25, -0.2) is 4.99 Å². The van der Waals surface area contributed by atoms with E-state index in [9.17, 15) is 9.90 Å². The lowest BCUT2D eigenvalue weighted by molar-refractivity contribution is -0.112. The molecule has 7 heteroatoms. The van der Waals surface area contributed by atoms with Crippen LogP contribution in [-0.4, -0.2) is 16.0 Å². The Morgan fingerprint density at radius 1 is 1.12 bits per heavy atom. The van der Waals surface area contributed by atoms with Crippen LogP contribution < -0.4 is 15.9 Å². The SMILES string of the molecule is O=C1N=c2ccc(Br)cc2=C1c1sc(Nc2ccccc2)nc1O. The molecule has 1 amide bonds. The highest BCUT2D eigenvalue weighted by Crippen LogP contribution is 2.35. The van der Waals surface area contributed by atoms with Crippen LogP contribution >= 0.6 is 27.3 Å². The molecule has 4 rings (SSSR count). The minimum absolute atomic E-state index is 0.176. The fourth-order valence-corrected chi connectivity index (χ4v) is 3.77. The average molecular weight is 400 g/mol. The van der Waals surface area contributed by atoms with Gasteiger partial charge in [-0.05, 0) is 30.3 Å². The minimum atomic E-state index is -0.367. The minimum Gasteiger partial charge on any atom is -0.492 e. The molecule has 0 aliphatic carbocycles. The summed E-state index contributed by atoms with van der Waals surface area (Å²) in [5.41, 5.74) is 1.23. The number of thiazole rings is 1. The number of fused-ring (bicyclic) bond motifs is 1. The molecule has 0 bridgehead atoms. The molecule has 0 unspecified atom stereocenters. The highest BCUT2D eigenvalue weighted by molar-refractivity contribution is 9.10. The summed E-state index contributed by atoms with van der Waals surface area (Å²) < 4.78 is 0.843. The van der Waals surface area contributed by atoms with Crippen LogP contribution in [0.2, 0.25) is 0 Å². The van der Waals surface area contributed by atoms with Crippen molar-refractivity contribution in [1.82, 2.24) is 4.98 Å². The number of rotatable bonds is 3. The maximum Gasteiger partial charge on any atom is 0.279 e. The summed E-state index contributed by atoms with van der Waals surface area (Å²) in [4.78, 5) is 20.9. The third kappa shape index (κ3) is 2.61. The number of nitrogens with zero attached hydrogens (tertiary/aromatic N) is 2. The van der Waals surface area contributed by atoms with Crippen molar-refractivity contribution in [3.63, 3.8) is 0 Å². The molecule has 0 spiro atoms. The lowest BCUT2D eigenvalue weighted by Crippen LogP contribution is -2.22. The summed E-state index contributed by atoms with van der Waals surface area (Å²) in [6, 6.07) is 14.9. The van der Waals surface area contributed by atoms with E-state index in [0.717, 1.165) is 10.2 Å². The summed E-state index contributed by atoms with van der Waals surface area (Å²) in [5, 5.41) is 15.1. The number of aromatic hydroxyl groups is 1. The molecule has 1 aliphatic rings. The number of para-hydroxylation sites is 1. The molecular formula is C17H10BrN3O2S.